The van der Waals surface area contributed by atoms with E-state index in [1.807, 2.05) is 19.2 Å². The molecule has 0 bridgehead atoms. The first kappa shape index (κ1) is 20.6. The zero-order valence-electron chi connectivity index (χ0n) is 18.5. The van der Waals surface area contributed by atoms with Crippen LogP contribution in [0, 0.1) is 6.92 Å². The molecule has 3 N–H and O–H groups in total. The van der Waals surface area contributed by atoms with Crippen LogP contribution < -0.4 is 4.90 Å². The molecule has 0 atom stereocenters. The monoisotopic (exact) mass is 432 g/mol. The number of carbonyl (C=O) groups is 1. The number of H-pyrrole nitrogens is 2. The molecule has 0 fully saturated rings. The Kier molecular flexibility index (Phi) is 5.38. The molecule has 32 heavy (non-hydrogen) atoms. The number of carbonyl (C=O) groups excluding carboxylic acids is 1. The number of hydrogen-bond acceptors (Lipinski definition) is 6. The maximum Gasteiger partial charge on any atom is 0.185 e. The highest BCUT2D eigenvalue weighted by Gasteiger charge is 2.26. The highest BCUT2D eigenvalue weighted by atomic mass is 16.3. The van der Waals surface area contributed by atoms with E-state index >= 15 is 0 Å². The van der Waals surface area contributed by atoms with E-state index in [0.29, 0.717) is 12.2 Å². The van der Waals surface area contributed by atoms with Crippen LogP contribution in [0.3, 0.4) is 0 Å². The van der Waals surface area contributed by atoms with Crippen molar-refractivity contribution in [3.63, 3.8) is 0 Å². The van der Waals surface area contributed by atoms with Gasteiger partial charge in [0, 0.05) is 41.5 Å². The normalized spacial score (nSPS) is 13.6. The second-order valence-electron chi connectivity index (χ2n) is 8.50. The van der Waals surface area contributed by atoms with Crippen molar-refractivity contribution < 1.29 is 9.90 Å². The first-order valence-corrected chi connectivity index (χ1v) is 11.3. The number of aliphatic hydroxyl groups is 1. The molecule has 5 rings (SSSR count). The van der Waals surface area contributed by atoms with Gasteiger partial charge in [-0.3, -0.25) is 15.0 Å². The van der Waals surface area contributed by atoms with Gasteiger partial charge in [-0.2, -0.15) is 10.2 Å². The van der Waals surface area contributed by atoms with Crippen molar-refractivity contribution in [1.82, 2.24) is 25.4 Å². The molecule has 1 aliphatic rings. The third-order valence-corrected chi connectivity index (χ3v) is 6.62. The lowest BCUT2D eigenvalue weighted by molar-refractivity contribution is 0.0987. The van der Waals surface area contributed by atoms with Gasteiger partial charge in [0.1, 0.15) is 5.69 Å². The summed E-state index contributed by atoms with van der Waals surface area (Å²) in [4.78, 5) is 20.6. The van der Waals surface area contributed by atoms with E-state index in [1.54, 1.807) is 6.20 Å². The van der Waals surface area contributed by atoms with E-state index in [9.17, 15) is 9.90 Å². The topological polar surface area (TPSA) is 111 Å². The lowest BCUT2D eigenvalue weighted by Crippen LogP contribution is -2.27. The van der Waals surface area contributed by atoms with E-state index in [0.717, 1.165) is 76.5 Å². The van der Waals surface area contributed by atoms with E-state index in [4.69, 9.17) is 4.98 Å². The summed E-state index contributed by atoms with van der Waals surface area (Å²) in [7, 11) is 0. The molecule has 8 heteroatoms. The summed E-state index contributed by atoms with van der Waals surface area (Å²) in [6, 6.07) is 2.04. The molecule has 4 aromatic rings. The molecule has 0 saturated carbocycles. The van der Waals surface area contributed by atoms with Gasteiger partial charge < -0.3 is 10.0 Å². The summed E-state index contributed by atoms with van der Waals surface area (Å²) in [5.41, 5.74) is 7.40. The van der Waals surface area contributed by atoms with E-state index in [1.165, 1.54) is 5.56 Å². The van der Waals surface area contributed by atoms with Gasteiger partial charge in [-0.1, -0.05) is 0 Å². The Morgan fingerprint density at radius 3 is 2.66 bits per heavy atom. The number of aromatic nitrogens is 5. The fourth-order valence-electron chi connectivity index (χ4n) is 4.96. The fourth-order valence-corrected chi connectivity index (χ4v) is 4.96. The first-order valence-electron chi connectivity index (χ1n) is 11.3. The smallest absolute Gasteiger partial charge is 0.185 e. The SMILES string of the molecule is CCN(CCO)c1cc2[nH]ncc2c2c3c(c(C(=O)Cc4cn[nH]c4C)nc12)CCCC3. The quantitative estimate of drug-likeness (QED) is 0.387. The predicted octanol–water partition coefficient (Wildman–Crippen LogP) is 3.27. The lowest BCUT2D eigenvalue weighted by Gasteiger charge is -2.26. The van der Waals surface area contributed by atoms with Crippen LogP contribution >= 0.6 is 0 Å². The van der Waals surface area contributed by atoms with Gasteiger partial charge in [-0.25, -0.2) is 4.98 Å². The largest absolute Gasteiger partial charge is 0.395 e. The number of ketones is 1. The highest BCUT2D eigenvalue weighted by molar-refractivity contribution is 6.14. The van der Waals surface area contributed by atoms with Crippen LogP contribution in [-0.4, -0.2) is 56.0 Å². The zero-order valence-corrected chi connectivity index (χ0v) is 18.5. The number of likely N-dealkylation sites (N-methyl/N-ethyl adjacent to an activating group) is 1. The van der Waals surface area contributed by atoms with Crippen LogP contribution in [0.5, 0.6) is 0 Å². The van der Waals surface area contributed by atoms with Crippen LogP contribution in [0.4, 0.5) is 5.69 Å². The number of aryl methyl sites for hydroxylation is 2. The predicted molar refractivity (Wildman–Crippen MR) is 124 cm³/mol. The van der Waals surface area contributed by atoms with Gasteiger partial charge in [-0.05, 0) is 56.7 Å². The molecule has 0 saturated heterocycles. The molecule has 166 valence electrons. The van der Waals surface area contributed by atoms with Crippen molar-refractivity contribution in [3.05, 3.63) is 46.5 Å². The van der Waals surface area contributed by atoms with Crippen molar-refractivity contribution >= 4 is 33.3 Å². The number of hydrogen-bond donors (Lipinski definition) is 3. The molecule has 0 aliphatic heterocycles. The van der Waals surface area contributed by atoms with Crippen LogP contribution in [0.2, 0.25) is 0 Å². The maximum atomic E-state index is 13.5. The summed E-state index contributed by atoms with van der Waals surface area (Å²) < 4.78 is 0. The van der Waals surface area contributed by atoms with Gasteiger partial charge in [0.05, 0.1) is 35.7 Å². The van der Waals surface area contributed by atoms with E-state index < -0.39 is 0 Å². The molecule has 3 heterocycles. The Morgan fingerprint density at radius 1 is 1.16 bits per heavy atom. The van der Waals surface area contributed by atoms with Gasteiger partial charge >= 0.3 is 0 Å². The number of aliphatic hydroxyl groups excluding tert-OH is 1. The summed E-state index contributed by atoms with van der Waals surface area (Å²) >= 11 is 0. The minimum atomic E-state index is 0.0259. The molecule has 1 aromatic carbocycles. The number of Topliss-reactive ketones (excluding diaryl/α,β-unsaturated/α-hetero) is 1. The molecular weight excluding hydrogens is 404 g/mol. The lowest BCUT2D eigenvalue weighted by atomic mass is 9.85. The number of nitrogens with one attached hydrogen (secondary N) is 2. The molecule has 1 aliphatic carbocycles. The second kappa shape index (κ2) is 8.35. The third kappa shape index (κ3) is 3.35. The summed E-state index contributed by atoms with van der Waals surface area (Å²) in [6.45, 7) is 5.27. The zero-order chi connectivity index (χ0) is 22.2. The maximum absolute atomic E-state index is 13.5. The summed E-state index contributed by atoms with van der Waals surface area (Å²) in [5, 5.41) is 26.1. The van der Waals surface area contributed by atoms with Crippen molar-refractivity contribution in [1.29, 1.82) is 0 Å². The second-order valence-corrected chi connectivity index (χ2v) is 8.50. The molecule has 0 unspecified atom stereocenters. The van der Waals surface area contributed by atoms with Crippen LogP contribution in [-0.2, 0) is 19.3 Å². The number of aromatic amines is 2. The van der Waals surface area contributed by atoms with E-state index in [-0.39, 0.29) is 18.8 Å². The van der Waals surface area contributed by atoms with Crippen LogP contribution in [0.15, 0.2) is 18.5 Å². The van der Waals surface area contributed by atoms with Gasteiger partial charge in [0.15, 0.2) is 5.78 Å². The average molecular weight is 433 g/mol. The Balaban J connectivity index is 1.77. The van der Waals surface area contributed by atoms with Gasteiger partial charge in [0.25, 0.3) is 0 Å². The molecule has 0 radical (unpaired) electrons. The van der Waals surface area contributed by atoms with Crippen molar-refractivity contribution in [2.75, 3.05) is 24.6 Å². The number of pyridine rings is 1. The number of nitrogens with zero attached hydrogens (tertiary/aromatic N) is 4. The van der Waals surface area contributed by atoms with Crippen LogP contribution in [0.1, 0.15) is 52.6 Å². The Labute approximate surface area is 186 Å². The minimum Gasteiger partial charge on any atom is -0.395 e. The van der Waals surface area contributed by atoms with Crippen molar-refractivity contribution in [2.45, 2.75) is 46.0 Å². The highest BCUT2D eigenvalue weighted by Crippen LogP contribution is 2.39. The molecular formula is C24H28N6O2. The van der Waals surface area contributed by atoms with Crippen molar-refractivity contribution in [2.24, 2.45) is 0 Å². The van der Waals surface area contributed by atoms with E-state index in [2.05, 4.69) is 32.2 Å². The summed E-state index contributed by atoms with van der Waals surface area (Å²) in [5.74, 6) is 0.0259. The molecule has 0 spiro atoms. The first-order chi connectivity index (χ1) is 15.6. The number of anilines is 1. The third-order valence-electron chi connectivity index (χ3n) is 6.62. The number of rotatable bonds is 7. The average Bonchev–Trinajstić information content (AvgIpc) is 3.44. The minimum absolute atomic E-state index is 0.0259. The van der Waals surface area contributed by atoms with Gasteiger partial charge in [0.2, 0.25) is 0 Å². The van der Waals surface area contributed by atoms with Crippen molar-refractivity contribution in [3.8, 4) is 0 Å². The standard InChI is InChI=1S/C24H28N6O2/c1-3-30(8-9-31)20-11-19-18(13-26-29-19)22-16-6-4-5-7-17(16)23(27-24(20)22)21(32)10-15-12-25-28-14(15)2/h11-13,31H,3-10H2,1-2H3,(H,25,28)(H,26,29). The summed E-state index contributed by atoms with van der Waals surface area (Å²) in [6.07, 6.45) is 7.81. The van der Waals surface area contributed by atoms with Gasteiger partial charge in [-0.15, -0.1) is 0 Å². The Morgan fingerprint density at radius 2 is 1.94 bits per heavy atom. The Hall–Kier alpha value is -3.26. The molecule has 8 nitrogen and oxygen atoms in total. The van der Waals surface area contributed by atoms with Crippen LogP contribution in [0.25, 0.3) is 21.8 Å². The number of benzene rings is 1. The number of fused-ring (bicyclic) bond motifs is 5. The molecule has 0 amide bonds. The Bertz CT molecular complexity index is 1310. The molecule has 3 aromatic heterocycles. The fraction of sp³-hybridized carbons (Fsp3) is 0.417.